The van der Waals surface area contributed by atoms with Crippen LogP contribution in [-0.4, -0.2) is 32.1 Å². The van der Waals surface area contributed by atoms with Crippen molar-refractivity contribution >= 4 is 16.7 Å². The van der Waals surface area contributed by atoms with Crippen molar-refractivity contribution in [2.45, 2.75) is 32.1 Å². The smallest absolute Gasteiger partial charge is 0.249 e. The lowest BCUT2D eigenvalue weighted by molar-refractivity contribution is -0.0448. The molecule has 128 valence electrons. The van der Waals surface area contributed by atoms with Crippen LogP contribution in [0.15, 0.2) is 36.9 Å². The van der Waals surface area contributed by atoms with Gasteiger partial charge in [-0.05, 0) is 48.4 Å². The van der Waals surface area contributed by atoms with Crippen molar-refractivity contribution < 1.29 is 14.6 Å². The predicted molar refractivity (Wildman–Crippen MR) is 91.3 cm³/mol. The van der Waals surface area contributed by atoms with Gasteiger partial charge in [-0.2, -0.15) is 5.10 Å². The van der Waals surface area contributed by atoms with Crippen LogP contribution >= 0.6 is 0 Å². The molecule has 1 aromatic heterocycles. The lowest BCUT2D eigenvalue weighted by Crippen LogP contribution is -2.31. The SMILES string of the molecule is CC1(C)c2c(ccc3cc(C(N)=O)c(Cn4cncn4)cc23)OC1O. The molecule has 1 unspecified atom stereocenters. The summed E-state index contributed by atoms with van der Waals surface area (Å²) in [7, 11) is 0. The van der Waals surface area contributed by atoms with E-state index in [9.17, 15) is 9.90 Å². The molecule has 1 amide bonds. The van der Waals surface area contributed by atoms with Gasteiger partial charge in [0.15, 0.2) is 0 Å². The number of rotatable bonds is 3. The first-order valence-electron chi connectivity index (χ1n) is 7.95. The minimum atomic E-state index is -0.914. The van der Waals surface area contributed by atoms with E-state index < -0.39 is 17.6 Å². The molecular weight excluding hydrogens is 320 g/mol. The number of benzene rings is 2. The fourth-order valence-electron chi connectivity index (χ4n) is 3.40. The molecule has 0 radical (unpaired) electrons. The van der Waals surface area contributed by atoms with Crippen LogP contribution in [0.1, 0.15) is 35.3 Å². The summed E-state index contributed by atoms with van der Waals surface area (Å²) in [4.78, 5) is 15.8. The number of amides is 1. The van der Waals surface area contributed by atoms with Crippen molar-refractivity contribution in [1.29, 1.82) is 0 Å². The maximum absolute atomic E-state index is 11.9. The minimum absolute atomic E-state index is 0.377. The third-order valence-corrected chi connectivity index (χ3v) is 4.77. The number of aliphatic hydroxyl groups is 1. The standard InChI is InChI=1S/C18H18N4O3/c1-18(2)15-12-6-11(7-22-9-20-8-21-22)13(16(19)23)5-10(12)3-4-14(15)25-17(18)24/h3-6,8-9,17,24H,7H2,1-2H3,(H2,19,23). The maximum Gasteiger partial charge on any atom is 0.249 e. The molecule has 4 rings (SSSR count). The van der Waals surface area contributed by atoms with Gasteiger partial charge >= 0.3 is 0 Å². The molecular formula is C18H18N4O3. The van der Waals surface area contributed by atoms with Gasteiger partial charge in [0, 0.05) is 11.1 Å². The van der Waals surface area contributed by atoms with E-state index in [1.54, 1.807) is 17.1 Å². The molecule has 0 saturated carbocycles. The van der Waals surface area contributed by atoms with Crippen LogP contribution in [-0.2, 0) is 12.0 Å². The normalized spacial score (nSPS) is 18.1. The number of aliphatic hydroxyl groups excluding tert-OH is 1. The van der Waals surface area contributed by atoms with Crippen molar-refractivity contribution in [1.82, 2.24) is 14.8 Å². The molecule has 7 heteroatoms. The Morgan fingerprint density at radius 1 is 1.40 bits per heavy atom. The Bertz CT molecular complexity index is 980. The molecule has 0 spiro atoms. The molecule has 0 bridgehead atoms. The first-order chi connectivity index (χ1) is 11.9. The average molecular weight is 338 g/mol. The van der Waals surface area contributed by atoms with Gasteiger partial charge in [-0.3, -0.25) is 4.79 Å². The number of fused-ring (bicyclic) bond motifs is 3. The highest BCUT2D eigenvalue weighted by Crippen LogP contribution is 2.46. The second-order valence-corrected chi connectivity index (χ2v) is 6.82. The Labute approximate surface area is 144 Å². The largest absolute Gasteiger partial charge is 0.464 e. The van der Waals surface area contributed by atoms with E-state index >= 15 is 0 Å². The topological polar surface area (TPSA) is 103 Å². The molecule has 0 saturated heterocycles. The van der Waals surface area contributed by atoms with Crippen LogP contribution in [0.5, 0.6) is 5.75 Å². The number of aromatic nitrogens is 3. The molecule has 0 fully saturated rings. The monoisotopic (exact) mass is 338 g/mol. The Balaban J connectivity index is 1.97. The van der Waals surface area contributed by atoms with E-state index in [4.69, 9.17) is 10.5 Å². The average Bonchev–Trinajstić information content (AvgIpc) is 3.13. The highest BCUT2D eigenvalue weighted by atomic mass is 16.6. The van der Waals surface area contributed by atoms with Crippen LogP contribution in [0.25, 0.3) is 10.8 Å². The molecule has 0 aliphatic carbocycles. The Morgan fingerprint density at radius 3 is 2.88 bits per heavy atom. The van der Waals surface area contributed by atoms with Crippen LogP contribution in [0.2, 0.25) is 0 Å². The van der Waals surface area contributed by atoms with Crippen molar-refractivity contribution in [2.75, 3.05) is 0 Å². The molecule has 3 aromatic rings. The number of carbonyl (C=O) groups is 1. The fourth-order valence-corrected chi connectivity index (χ4v) is 3.40. The predicted octanol–water partition coefficient (Wildman–Crippen LogP) is 1.57. The minimum Gasteiger partial charge on any atom is -0.464 e. The number of ether oxygens (including phenoxy) is 1. The zero-order chi connectivity index (χ0) is 17.8. The summed E-state index contributed by atoms with van der Waals surface area (Å²) in [6.07, 6.45) is 2.11. The first-order valence-corrected chi connectivity index (χ1v) is 7.95. The van der Waals surface area contributed by atoms with Gasteiger partial charge in [-0.25, -0.2) is 9.67 Å². The summed E-state index contributed by atoms with van der Waals surface area (Å²) >= 11 is 0. The summed E-state index contributed by atoms with van der Waals surface area (Å²) in [5, 5.41) is 16.1. The lowest BCUT2D eigenvalue weighted by atomic mass is 9.81. The van der Waals surface area contributed by atoms with E-state index in [1.165, 1.54) is 6.33 Å². The summed E-state index contributed by atoms with van der Waals surface area (Å²) < 4.78 is 7.22. The summed E-state index contributed by atoms with van der Waals surface area (Å²) in [5.74, 6) is 0.164. The molecule has 1 aliphatic heterocycles. The summed E-state index contributed by atoms with van der Waals surface area (Å²) in [6, 6.07) is 7.40. The summed E-state index contributed by atoms with van der Waals surface area (Å²) in [5.41, 5.74) is 7.13. The van der Waals surface area contributed by atoms with Crippen LogP contribution in [0.3, 0.4) is 0 Å². The number of carbonyl (C=O) groups excluding carboxylic acids is 1. The Hall–Kier alpha value is -2.93. The highest BCUT2D eigenvalue weighted by molar-refractivity contribution is 6.01. The highest BCUT2D eigenvalue weighted by Gasteiger charge is 2.42. The van der Waals surface area contributed by atoms with E-state index in [-0.39, 0.29) is 0 Å². The number of primary amides is 1. The van der Waals surface area contributed by atoms with E-state index in [0.717, 1.165) is 21.9 Å². The lowest BCUT2D eigenvalue weighted by Gasteiger charge is -2.22. The first kappa shape index (κ1) is 15.6. The van der Waals surface area contributed by atoms with Crippen LogP contribution < -0.4 is 10.5 Å². The second-order valence-electron chi connectivity index (χ2n) is 6.82. The van der Waals surface area contributed by atoms with E-state index in [1.807, 2.05) is 32.0 Å². The zero-order valence-corrected chi connectivity index (χ0v) is 13.9. The van der Waals surface area contributed by atoms with Crippen molar-refractivity contribution in [3.8, 4) is 5.75 Å². The van der Waals surface area contributed by atoms with Gasteiger partial charge in [0.1, 0.15) is 18.4 Å². The molecule has 3 N–H and O–H groups in total. The quantitative estimate of drug-likeness (QED) is 0.754. The second kappa shape index (κ2) is 5.29. The number of hydrogen-bond donors (Lipinski definition) is 2. The van der Waals surface area contributed by atoms with Gasteiger partial charge in [-0.1, -0.05) is 6.07 Å². The molecule has 1 atom stereocenters. The Kier molecular flexibility index (Phi) is 3.30. The van der Waals surface area contributed by atoms with Gasteiger partial charge in [0.25, 0.3) is 0 Å². The van der Waals surface area contributed by atoms with Gasteiger partial charge in [0.2, 0.25) is 12.2 Å². The molecule has 7 nitrogen and oxygen atoms in total. The molecule has 2 heterocycles. The van der Waals surface area contributed by atoms with Gasteiger partial charge in [0.05, 0.1) is 12.0 Å². The molecule has 25 heavy (non-hydrogen) atoms. The van der Waals surface area contributed by atoms with Gasteiger partial charge in [-0.15, -0.1) is 0 Å². The van der Waals surface area contributed by atoms with E-state index in [0.29, 0.717) is 17.9 Å². The summed E-state index contributed by atoms with van der Waals surface area (Å²) in [6.45, 7) is 4.24. The zero-order valence-electron chi connectivity index (χ0n) is 13.9. The van der Waals surface area contributed by atoms with E-state index in [2.05, 4.69) is 10.1 Å². The maximum atomic E-state index is 11.9. The fraction of sp³-hybridized carbons (Fsp3) is 0.278. The van der Waals surface area contributed by atoms with Crippen molar-refractivity contribution in [3.63, 3.8) is 0 Å². The molecule has 1 aliphatic rings. The Morgan fingerprint density at radius 2 is 2.20 bits per heavy atom. The molecule has 2 aromatic carbocycles. The number of hydrogen-bond acceptors (Lipinski definition) is 5. The third-order valence-electron chi connectivity index (χ3n) is 4.77. The van der Waals surface area contributed by atoms with Gasteiger partial charge < -0.3 is 15.6 Å². The number of nitrogens with zero attached hydrogens (tertiary/aromatic N) is 3. The van der Waals surface area contributed by atoms with Crippen LogP contribution in [0, 0.1) is 0 Å². The van der Waals surface area contributed by atoms with Crippen LogP contribution in [0.4, 0.5) is 0 Å². The van der Waals surface area contributed by atoms with Crippen molar-refractivity contribution in [2.24, 2.45) is 5.73 Å². The van der Waals surface area contributed by atoms with Crippen molar-refractivity contribution in [3.05, 3.63) is 53.6 Å². The number of nitrogens with two attached hydrogens (primary N) is 1. The third kappa shape index (κ3) is 2.35.